The van der Waals surface area contributed by atoms with Crippen molar-refractivity contribution in [2.24, 2.45) is 11.7 Å². The molecule has 22 heavy (non-hydrogen) atoms. The van der Waals surface area contributed by atoms with Gasteiger partial charge in [0.25, 0.3) is 0 Å². The van der Waals surface area contributed by atoms with E-state index in [1.54, 1.807) is 0 Å². The van der Waals surface area contributed by atoms with Gasteiger partial charge in [-0.15, -0.1) is 0 Å². The Morgan fingerprint density at radius 1 is 1.27 bits per heavy atom. The van der Waals surface area contributed by atoms with Gasteiger partial charge in [-0.1, -0.05) is 32.0 Å². The van der Waals surface area contributed by atoms with Gasteiger partial charge in [0.05, 0.1) is 18.1 Å². The van der Waals surface area contributed by atoms with Crippen LogP contribution in [-0.4, -0.2) is 30.8 Å². The van der Waals surface area contributed by atoms with Crippen LogP contribution in [0.15, 0.2) is 47.6 Å². The molecule has 1 heterocycles. The fourth-order valence-corrected chi connectivity index (χ4v) is 3.41. The predicted octanol–water partition coefficient (Wildman–Crippen LogP) is 1.52. The van der Waals surface area contributed by atoms with E-state index in [2.05, 4.69) is 9.82 Å². The van der Waals surface area contributed by atoms with Crippen LogP contribution in [-0.2, 0) is 10.0 Å². The number of hydrogen-bond acceptors (Lipinski definition) is 4. The first-order valence-corrected chi connectivity index (χ1v) is 8.73. The zero-order chi connectivity index (χ0) is 16.2. The minimum atomic E-state index is -3.62. The first-order chi connectivity index (χ1) is 10.4. The summed E-state index contributed by atoms with van der Waals surface area (Å²) >= 11 is 0. The summed E-state index contributed by atoms with van der Waals surface area (Å²) in [6.45, 7) is 4.33. The van der Waals surface area contributed by atoms with Crippen molar-refractivity contribution in [2.45, 2.75) is 31.2 Å². The van der Waals surface area contributed by atoms with Crippen LogP contribution in [0.1, 0.15) is 20.3 Å². The summed E-state index contributed by atoms with van der Waals surface area (Å²) in [7, 11) is -3.62. The number of hydrogen-bond donors (Lipinski definition) is 2. The molecule has 1 atom stereocenters. The number of nitrogens with zero attached hydrogens (tertiary/aromatic N) is 2. The molecule has 0 aliphatic rings. The van der Waals surface area contributed by atoms with Crippen molar-refractivity contribution in [3.8, 4) is 5.69 Å². The summed E-state index contributed by atoms with van der Waals surface area (Å²) < 4.78 is 29.0. The van der Waals surface area contributed by atoms with Gasteiger partial charge >= 0.3 is 0 Å². The number of aromatic nitrogens is 2. The minimum Gasteiger partial charge on any atom is -0.329 e. The van der Waals surface area contributed by atoms with Crippen LogP contribution in [0.2, 0.25) is 0 Å². The lowest BCUT2D eigenvalue weighted by molar-refractivity contribution is 0.465. The molecule has 0 aliphatic carbocycles. The highest BCUT2D eigenvalue weighted by atomic mass is 32.2. The molecule has 0 amide bonds. The van der Waals surface area contributed by atoms with E-state index in [-0.39, 0.29) is 17.5 Å². The normalized spacial score (nSPS) is 13.5. The fourth-order valence-electron chi connectivity index (χ4n) is 2.22. The van der Waals surface area contributed by atoms with Crippen LogP contribution in [0, 0.1) is 5.92 Å². The Morgan fingerprint density at radius 2 is 1.95 bits per heavy atom. The number of nitrogens with one attached hydrogen (secondary N) is 1. The molecule has 0 fully saturated rings. The second kappa shape index (κ2) is 7.04. The fraction of sp³-hybridized carbons (Fsp3) is 0.400. The average Bonchev–Trinajstić information content (AvgIpc) is 2.97. The van der Waals surface area contributed by atoms with Gasteiger partial charge in [-0.3, -0.25) is 0 Å². The molecule has 2 aromatic rings. The van der Waals surface area contributed by atoms with Crippen molar-refractivity contribution in [3.63, 3.8) is 0 Å². The van der Waals surface area contributed by atoms with E-state index < -0.39 is 10.0 Å². The maximum Gasteiger partial charge on any atom is 0.244 e. The number of benzene rings is 1. The minimum absolute atomic E-state index is 0.138. The van der Waals surface area contributed by atoms with E-state index >= 15 is 0 Å². The molecule has 0 radical (unpaired) electrons. The van der Waals surface area contributed by atoms with Crippen molar-refractivity contribution in [1.29, 1.82) is 0 Å². The molecule has 0 spiro atoms. The number of rotatable bonds is 7. The molecule has 0 saturated heterocycles. The van der Waals surface area contributed by atoms with Crippen LogP contribution in [0.25, 0.3) is 5.69 Å². The van der Waals surface area contributed by atoms with Gasteiger partial charge in [-0.25, -0.2) is 17.8 Å². The zero-order valence-electron chi connectivity index (χ0n) is 12.8. The molecular formula is C15H22N4O2S. The molecule has 0 aliphatic heterocycles. The Morgan fingerprint density at radius 3 is 2.55 bits per heavy atom. The molecule has 120 valence electrons. The van der Waals surface area contributed by atoms with Crippen LogP contribution in [0.4, 0.5) is 0 Å². The van der Waals surface area contributed by atoms with E-state index in [1.807, 2.05) is 44.2 Å². The van der Waals surface area contributed by atoms with Crippen LogP contribution in [0.5, 0.6) is 0 Å². The molecule has 2 rings (SSSR count). The Bertz CT molecular complexity index is 695. The molecule has 0 saturated carbocycles. The number of para-hydroxylation sites is 1. The molecule has 3 N–H and O–H groups in total. The van der Waals surface area contributed by atoms with Gasteiger partial charge in [0.15, 0.2) is 0 Å². The SMILES string of the molecule is CC(C)CC(CN)NS(=O)(=O)c1cnn(-c2ccccc2)c1. The van der Waals surface area contributed by atoms with Gasteiger partial charge < -0.3 is 5.73 Å². The van der Waals surface area contributed by atoms with Crippen molar-refractivity contribution in [2.75, 3.05) is 6.54 Å². The Kier molecular flexibility index (Phi) is 5.33. The quantitative estimate of drug-likeness (QED) is 0.809. The standard InChI is InChI=1S/C15H22N4O2S/c1-12(2)8-13(9-16)18-22(20,21)15-10-17-19(11-15)14-6-4-3-5-7-14/h3-7,10-13,18H,8-9,16H2,1-2H3. The first-order valence-electron chi connectivity index (χ1n) is 7.25. The van der Waals surface area contributed by atoms with Gasteiger partial charge in [0.1, 0.15) is 4.90 Å². The van der Waals surface area contributed by atoms with Gasteiger partial charge in [-0.2, -0.15) is 5.10 Å². The lowest BCUT2D eigenvalue weighted by atomic mass is 10.1. The topological polar surface area (TPSA) is 90.0 Å². The Balaban J connectivity index is 2.18. The third-order valence-electron chi connectivity index (χ3n) is 3.25. The smallest absolute Gasteiger partial charge is 0.244 e. The third kappa shape index (κ3) is 4.16. The summed E-state index contributed by atoms with van der Waals surface area (Å²) in [5, 5.41) is 4.11. The summed E-state index contributed by atoms with van der Waals surface area (Å²) in [5.74, 6) is 0.364. The second-order valence-electron chi connectivity index (χ2n) is 5.64. The van der Waals surface area contributed by atoms with Gasteiger partial charge in [0, 0.05) is 12.6 Å². The van der Waals surface area contributed by atoms with Crippen molar-refractivity contribution in [3.05, 3.63) is 42.7 Å². The highest BCUT2D eigenvalue weighted by Crippen LogP contribution is 2.13. The van der Waals surface area contributed by atoms with Crippen LogP contribution >= 0.6 is 0 Å². The third-order valence-corrected chi connectivity index (χ3v) is 4.73. The van der Waals surface area contributed by atoms with Crippen molar-refractivity contribution < 1.29 is 8.42 Å². The highest BCUT2D eigenvalue weighted by molar-refractivity contribution is 7.89. The lowest BCUT2D eigenvalue weighted by Crippen LogP contribution is -2.40. The summed E-state index contributed by atoms with van der Waals surface area (Å²) in [6.07, 6.45) is 3.54. The highest BCUT2D eigenvalue weighted by Gasteiger charge is 2.21. The largest absolute Gasteiger partial charge is 0.329 e. The molecule has 1 aromatic carbocycles. The van der Waals surface area contributed by atoms with E-state index in [0.717, 1.165) is 5.69 Å². The summed E-state index contributed by atoms with van der Waals surface area (Å²) in [6, 6.07) is 9.08. The predicted molar refractivity (Wildman–Crippen MR) is 86.2 cm³/mol. The molecule has 1 aromatic heterocycles. The van der Waals surface area contributed by atoms with Crippen LogP contribution < -0.4 is 10.5 Å². The Labute approximate surface area is 131 Å². The van der Waals surface area contributed by atoms with E-state index in [9.17, 15) is 8.42 Å². The molecule has 1 unspecified atom stereocenters. The first kappa shape index (κ1) is 16.7. The van der Waals surface area contributed by atoms with Crippen molar-refractivity contribution in [1.82, 2.24) is 14.5 Å². The molecule has 6 nitrogen and oxygen atoms in total. The summed E-state index contributed by atoms with van der Waals surface area (Å²) in [4.78, 5) is 0.138. The van der Waals surface area contributed by atoms with Crippen LogP contribution in [0.3, 0.4) is 0 Å². The molecular weight excluding hydrogens is 300 g/mol. The molecule has 7 heteroatoms. The monoisotopic (exact) mass is 322 g/mol. The zero-order valence-corrected chi connectivity index (χ0v) is 13.6. The number of nitrogens with two attached hydrogens (primary N) is 1. The number of sulfonamides is 1. The van der Waals surface area contributed by atoms with E-state index in [1.165, 1.54) is 17.1 Å². The second-order valence-corrected chi connectivity index (χ2v) is 7.35. The maximum absolute atomic E-state index is 12.4. The van der Waals surface area contributed by atoms with E-state index in [4.69, 9.17) is 5.73 Å². The van der Waals surface area contributed by atoms with E-state index in [0.29, 0.717) is 12.3 Å². The maximum atomic E-state index is 12.4. The van der Waals surface area contributed by atoms with Gasteiger partial charge in [0.2, 0.25) is 10.0 Å². The lowest BCUT2D eigenvalue weighted by Gasteiger charge is -2.18. The van der Waals surface area contributed by atoms with Crippen molar-refractivity contribution >= 4 is 10.0 Å². The Hall–Kier alpha value is -1.70. The van der Waals surface area contributed by atoms with Gasteiger partial charge in [-0.05, 0) is 24.5 Å². The average molecular weight is 322 g/mol. The summed E-state index contributed by atoms with van der Waals surface area (Å²) in [5.41, 5.74) is 6.46. The molecule has 0 bridgehead atoms.